The topological polar surface area (TPSA) is 82.3 Å². The Morgan fingerprint density at radius 1 is 1.16 bits per heavy atom. The Morgan fingerprint density at radius 2 is 1.97 bits per heavy atom. The van der Waals surface area contributed by atoms with Gasteiger partial charge in [0.25, 0.3) is 0 Å². The fourth-order valence-electron chi connectivity index (χ4n) is 3.68. The van der Waals surface area contributed by atoms with Crippen LogP contribution in [-0.2, 0) is 12.8 Å². The zero-order valence-corrected chi connectivity index (χ0v) is 16.9. The Bertz CT molecular complexity index is 1140. The summed E-state index contributed by atoms with van der Waals surface area (Å²) in [6, 6.07) is 15.1. The van der Waals surface area contributed by atoms with Crippen LogP contribution in [0.15, 0.2) is 54.7 Å². The molecule has 1 aliphatic heterocycles. The van der Waals surface area contributed by atoms with Crippen molar-refractivity contribution in [2.75, 3.05) is 18.0 Å². The molecule has 4 rings (SSSR count). The minimum atomic E-state index is -4.44. The predicted molar refractivity (Wildman–Crippen MR) is 111 cm³/mol. The fraction of sp³-hybridized carbons (Fsp3) is 0.261. The molecule has 3 heterocycles. The monoisotopic (exact) mass is 440 g/mol. The number of pyridine rings is 2. The van der Waals surface area contributed by atoms with Gasteiger partial charge in [0.1, 0.15) is 6.10 Å². The molecule has 0 radical (unpaired) electrons. The van der Waals surface area contributed by atoms with Gasteiger partial charge >= 0.3 is 6.18 Å². The number of benzene rings is 1. The van der Waals surface area contributed by atoms with Crippen molar-refractivity contribution in [1.82, 2.24) is 9.97 Å². The first-order valence-electron chi connectivity index (χ1n) is 9.94. The number of aromatic nitrogens is 2. The Balaban J connectivity index is 1.48. The maximum atomic E-state index is 12.7. The summed E-state index contributed by atoms with van der Waals surface area (Å²) in [4.78, 5) is 10.3. The molecule has 3 aromatic rings. The van der Waals surface area contributed by atoms with E-state index in [0.717, 1.165) is 18.0 Å². The number of hydrogen-bond acceptors (Lipinski definition) is 6. The van der Waals surface area contributed by atoms with Gasteiger partial charge < -0.3 is 14.7 Å². The lowest BCUT2D eigenvalue weighted by Crippen LogP contribution is -2.26. The standard InChI is InChI=1S/C23H19F3N4O2/c24-23(25,26)16-5-8-22(28-12-16)32-17-9-10-30(13-17)21-7-6-19(29-20(21)14-31)18-4-2-1-3-15(18)11-27/h1-8,12,17,31H,9-10,13-14H2. The first-order valence-corrected chi connectivity index (χ1v) is 9.94. The van der Waals surface area contributed by atoms with Gasteiger partial charge in [-0.1, -0.05) is 18.2 Å². The first-order chi connectivity index (χ1) is 15.4. The Hall–Kier alpha value is -3.64. The van der Waals surface area contributed by atoms with Crippen molar-refractivity contribution in [2.45, 2.75) is 25.3 Å². The van der Waals surface area contributed by atoms with Crippen LogP contribution in [0.5, 0.6) is 5.88 Å². The van der Waals surface area contributed by atoms with Crippen molar-refractivity contribution in [2.24, 2.45) is 0 Å². The number of halogens is 3. The largest absolute Gasteiger partial charge is 0.472 e. The number of hydrogen-bond donors (Lipinski definition) is 1. The average molecular weight is 440 g/mol. The average Bonchev–Trinajstić information content (AvgIpc) is 3.26. The highest BCUT2D eigenvalue weighted by atomic mass is 19.4. The number of nitrogens with zero attached hydrogens (tertiary/aromatic N) is 4. The Labute approximate surface area is 182 Å². The Kier molecular flexibility index (Phi) is 5.97. The van der Waals surface area contributed by atoms with Crippen LogP contribution in [0.2, 0.25) is 0 Å². The van der Waals surface area contributed by atoms with Crippen molar-refractivity contribution in [3.63, 3.8) is 0 Å². The quantitative estimate of drug-likeness (QED) is 0.641. The third-order valence-electron chi connectivity index (χ3n) is 5.26. The number of anilines is 1. The molecular formula is C23H19F3N4O2. The van der Waals surface area contributed by atoms with Crippen LogP contribution < -0.4 is 9.64 Å². The summed E-state index contributed by atoms with van der Waals surface area (Å²) < 4.78 is 43.8. The molecule has 0 saturated carbocycles. The molecule has 1 atom stereocenters. The molecule has 1 aromatic carbocycles. The van der Waals surface area contributed by atoms with E-state index in [1.54, 1.807) is 24.3 Å². The maximum absolute atomic E-state index is 12.7. The molecule has 2 aromatic heterocycles. The van der Waals surface area contributed by atoms with Gasteiger partial charge in [-0.05, 0) is 24.3 Å². The number of nitriles is 1. The van der Waals surface area contributed by atoms with Crippen molar-refractivity contribution in [1.29, 1.82) is 5.26 Å². The molecule has 6 nitrogen and oxygen atoms in total. The smallest absolute Gasteiger partial charge is 0.417 e. The second-order valence-corrected chi connectivity index (χ2v) is 7.34. The summed E-state index contributed by atoms with van der Waals surface area (Å²) in [5, 5.41) is 19.2. The molecule has 0 bridgehead atoms. The summed E-state index contributed by atoms with van der Waals surface area (Å²) in [6.45, 7) is 0.833. The van der Waals surface area contributed by atoms with E-state index in [1.165, 1.54) is 6.07 Å². The van der Waals surface area contributed by atoms with Crippen LogP contribution >= 0.6 is 0 Å². The second kappa shape index (κ2) is 8.85. The van der Waals surface area contributed by atoms with Crippen LogP contribution in [0.3, 0.4) is 0 Å². The molecule has 0 aliphatic carbocycles. The van der Waals surface area contributed by atoms with Crippen molar-refractivity contribution < 1.29 is 23.0 Å². The highest BCUT2D eigenvalue weighted by Gasteiger charge is 2.31. The van der Waals surface area contributed by atoms with Crippen LogP contribution in [0.1, 0.15) is 23.2 Å². The summed E-state index contributed by atoms with van der Waals surface area (Å²) in [6.07, 6.45) is -3.30. The van der Waals surface area contributed by atoms with E-state index in [4.69, 9.17) is 4.74 Å². The van der Waals surface area contributed by atoms with Gasteiger partial charge in [-0.25, -0.2) is 9.97 Å². The van der Waals surface area contributed by atoms with Gasteiger partial charge in [0, 0.05) is 30.8 Å². The van der Waals surface area contributed by atoms with E-state index in [1.807, 2.05) is 17.0 Å². The molecule has 1 saturated heterocycles. The third-order valence-corrected chi connectivity index (χ3v) is 5.26. The van der Waals surface area contributed by atoms with Gasteiger partial charge in [-0.15, -0.1) is 0 Å². The van der Waals surface area contributed by atoms with E-state index in [2.05, 4.69) is 16.0 Å². The van der Waals surface area contributed by atoms with Crippen molar-refractivity contribution >= 4 is 5.69 Å². The Morgan fingerprint density at radius 3 is 2.66 bits per heavy atom. The van der Waals surface area contributed by atoms with Crippen LogP contribution in [0.25, 0.3) is 11.3 Å². The molecule has 1 N–H and O–H groups in total. The predicted octanol–water partition coefficient (Wildman–Crippen LogP) is 4.18. The molecule has 9 heteroatoms. The van der Waals surface area contributed by atoms with Crippen LogP contribution in [0, 0.1) is 11.3 Å². The lowest BCUT2D eigenvalue weighted by Gasteiger charge is -2.21. The molecule has 1 aliphatic rings. The van der Waals surface area contributed by atoms with Gasteiger partial charge in [0.15, 0.2) is 0 Å². The van der Waals surface area contributed by atoms with E-state index in [-0.39, 0.29) is 18.6 Å². The van der Waals surface area contributed by atoms with Gasteiger partial charge in [0.2, 0.25) is 5.88 Å². The molecule has 1 unspecified atom stereocenters. The molecule has 32 heavy (non-hydrogen) atoms. The lowest BCUT2D eigenvalue weighted by atomic mass is 10.0. The second-order valence-electron chi connectivity index (χ2n) is 7.34. The third kappa shape index (κ3) is 4.50. The van der Waals surface area contributed by atoms with Crippen molar-refractivity contribution in [3.8, 4) is 23.2 Å². The zero-order chi connectivity index (χ0) is 22.7. The number of alkyl halides is 3. The highest BCUT2D eigenvalue weighted by Crippen LogP contribution is 2.31. The van der Waals surface area contributed by atoms with E-state index >= 15 is 0 Å². The van der Waals surface area contributed by atoms with Gasteiger partial charge in [-0.2, -0.15) is 18.4 Å². The minimum Gasteiger partial charge on any atom is -0.472 e. The van der Waals surface area contributed by atoms with E-state index in [0.29, 0.717) is 42.0 Å². The summed E-state index contributed by atoms with van der Waals surface area (Å²) in [5.41, 5.74) is 2.17. The molecular weight excluding hydrogens is 421 g/mol. The summed E-state index contributed by atoms with van der Waals surface area (Å²) in [7, 11) is 0. The zero-order valence-electron chi connectivity index (χ0n) is 16.9. The molecule has 1 fully saturated rings. The minimum absolute atomic E-state index is 0.133. The molecule has 0 amide bonds. The highest BCUT2D eigenvalue weighted by molar-refractivity contribution is 5.69. The first kappa shape index (κ1) is 21.6. The number of aliphatic hydroxyl groups excluding tert-OH is 1. The SMILES string of the molecule is N#Cc1ccccc1-c1ccc(N2CCC(Oc3ccc(C(F)(F)F)cn3)C2)c(CO)n1. The summed E-state index contributed by atoms with van der Waals surface area (Å²) in [5.74, 6) is 0.133. The van der Waals surface area contributed by atoms with Crippen molar-refractivity contribution in [3.05, 3.63) is 71.5 Å². The van der Waals surface area contributed by atoms with E-state index in [9.17, 15) is 23.5 Å². The normalized spacial score (nSPS) is 16.1. The number of ether oxygens (including phenoxy) is 1. The maximum Gasteiger partial charge on any atom is 0.417 e. The summed E-state index contributed by atoms with van der Waals surface area (Å²) >= 11 is 0. The number of aliphatic hydroxyl groups is 1. The lowest BCUT2D eigenvalue weighted by molar-refractivity contribution is -0.137. The number of rotatable bonds is 5. The molecule has 0 spiro atoms. The fourth-order valence-corrected chi connectivity index (χ4v) is 3.68. The van der Waals surface area contributed by atoms with Crippen LogP contribution in [0.4, 0.5) is 18.9 Å². The van der Waals surface area contributed by atoms with E-state index < -0.39 is 11.7 Å². The van der Waals surface area contributed by atoms with Gasteiger partial charge in [0.05, 0.1) is 47.4 Å². The van der Waals surface area contributed by atoms with Crippen LogP contribution in [-0.4, -0.2) is 34.3 Å². The van der Waals surface area contributed by atoms with Gasteiger partial charge in [-0.3, -0.25) is 0 Å². The molecule has 164 valence electrons.